The number of hydrogen-bond donors (Lipinski definition) is 0. The fourth-order valence-electron chi connectivity index (χ4n) is 8.45. The summed E-state index contributed by atoms with van der Waals surface area (Å²) in [5.41, 5.74) is 12.1. The van der Waals surface area contributed by atoms with Gasteiger partial charge in [-0.2, -0.15) is 0 Å². The topological polar surface area (TPSA) is 38.7 Å². The summed E-state index contributed by atoms with van der Waals surface area (Å²) in [5, 5.41) is 7.44. The maximum Gasteiger partial charge on any atom is 0.164 e. The molecular formula is C57H37N3. The first-order valence-electron chi connectivity index (χ1n) is 20.3. The van der Waals surface area contributed by atoms with E-state index in [0.29, 0.717) is 17.5 Å². The highest BCUT2D eigenvalue weighted by atomic mass is 15.0. The molecule has 1 heterocycles. The largest absolute Gasteiger partial charge is 0.208 e. The lowest BCUT2D eigenvalue weighted by molar-refractivity contribution is 1.07. The first-order chi connectivity index (χ1) is 29.7. The van der Waals surface area contributed by atoms with Crippen molar-refractivity contribution in [1.82, 2.24) is 15.0 Å². The maximum absolute atomic E-state index is 5.15. The molecule has 0 aliphatic carbocycles. The molecule has 0 radical (unpaired) electrons. The normalized spacial score (nSPS) is 11.3. The van der Waals surface area contributed by atoms with Crippen molar-refractivity contribution < 1.29 is 0 Å². The van der Waals surface area contributed by atoms with E-state index in [1.165, 1.54) is 49.0 Å². The Morgan fingerprint density at radius 2 is 0.617 bits per heavy atom. The molecule has 0 unspecified atom stereocenters. The van der Waals surface area contributed by atoms with Crippen molar-refractivity contribution in [2.45, 2.75) is 0 Å². The monoisotopic (exact) mass is 763 g/mol. The van der Waals surface area contributed by atoms with E-state index in [2.05, 4.69) is 212 Å². The van der Waals surface area contributed by atoms with E-state index in [0.717, 1.165) is 44.5 Å². The van der Waals surface area contributed by atoms with Crippen molar-refractivity contribution in [1.29, 1.82) is 0 Å². The lowest BCUT2D eigenvalue weighted by atomic mass is 9.89. The van der Waals surface area contributed by atoms with Crippen LogP contribution in [0, 0.1) is 0 Å². The maximum atomic E-state index is 5.15. The summed E-state index contributed by atoms with van der Waals surface area (Å²) in [7, 11) is 0. The molecule has 280 valence electrons. The van der Waals surface area contributed by atoms with E-state index in [4.69, 9.17) is 15.0 Å². The Labute approximate surface area is 349 Å². The number of nitrogens with zero attached hydrogens (tertiary/aromatic N) is 3. The summed E-state index contributed by atoms with van der Waals surface area (Å²) in [6.07, 6.45) is 0. The second kappa shape index (κ2) is 15.1. The van der Waals surface area contributed by atoms with Crippen LogP contribution < -0.4 is 0 Å². The van der Waals surface area contributed by atoms with Crippen LogP contribution in [-0.4, -0.2) is 15.0 Å². The van der Waals surface area contributed by atoms with E-state index < -0.39 is 0 Å². The Kier molecular flexibility index (Phi) is 8.83. The summed E-state index contributed by atoms with van der Waals surface area (Å²) in [6, 6.07) is 79.5. The van der Waals surface area contributed by atoms with Crippen molar-refractivity contribution >= 4 is 32.3 Å². The summed E-state index contributed by atoms with van der Waals surface area (Å²) in [6.45, 7) is 0. The lowest BCUT2D eigenvalue weighted by Crippen LogP contribution is -2.00. The first kappa shape index (κ1) is 35.2. The Morgan fingerprint density at radius 1 is 0.200 bits per heavy atom. The predicted molar refractivity (Wildman–Crippen MR) is 250 cm³/mol. The van der Waals surface area contributed by atoms with Gasteiger partial charge in [-0.25, -0.2) is 15.0 Å². The Balaban J connectivity index is 1.00. The third-order valence-corrected chi connectivity index (χ3v) is 11.5. The van der Waals surface area contributed by atoms with Gasteiger partial charge in [0.15, 0.2) is 17.5 Å². The fourth-order valence-corrected chi connectivity index (χ4v) is 8.45. The third kappa shape index (κ3) is 6.58. The zero-order chi connectivity index (χ0) is 39.8. The van der Waals surface area contributed by atoms with Crippen molar-refractivity contribution in [3.05, 3.63) is 224 Å². The van der Waals surface area contributed by atoms with Gasteiger partial charge in [0.25, 0.3) is 0 Å². The summed E-state index contributed by atoms with van der Waals surface area (Å²) >= 11 is 0. The molecule has 11 aromatic rings. The quantitative estimate of drug-likeness (QED) is 0.120. The van der Waals surface area contributed by atoms with E-state index in [-0.39, 0.29) is 0 Å². The molecule has 0 amide bonds. The van der Waals surface area contributed by atoms with Crippen molar-refractivity contribution in [3.63, 3.8) is 0 Å². The van der Waals surface area contributed by atoms with Crippen molar-refractivity contribution in [3.8, 4) is 78.7 Å². The van der Waals surface area contributed by atoms with Crippen LogP contribution in [0.15, 0.2) is 224 Å². The van der Waals surface area contributed by atoms with Gasteiger partial charge in [0, 0.05) is 16.7 Å². The van der Waals surface area contributed by atoms with Crippen LogP contribution in [0.1, 0.15) is 0 Å². The van der Waals surface area contributed by atoms with Crippen molar-refractivity contribution in [2.75, 3.05) is 0 Å². The van der Waals surface area contributed by atoms with Gasteiger partial charge < -0.3 is 0 Å². The highest BCUT2D eigenvalue weighted by molar-refractivity contribution is 6.20. The van der Waals surface area contributed by atoms with Crippen LogP contribution >= 0.6 is 0 Å². The van der Waals surface area contributed by atoms with Gasteiger partial charge in [0.1, 0.15) is 0 Å². The Morgan fingerprint density at radius 3 is 1.22 bits per heavy atom. The van der Waals surface area contributed by atoms with Gasteiger partial charge in [-0.1, -0.05) is 212 Å². The Hall–Kier alpha value is -8.01. The zero-order valence-corrected chi connectivity index (χ0v) is 32.7. The highest BCUT2D eigenvalue weighted by Gasteiger charge is 2.16. The summed E-state index contributed by atoms with van der Waals surface area (Å²) in [5.74, 6) is 1.88. The van der Waals surface area contributed by atoms with Gasteiger partial charge in [0.05, 0.1) is 0 Å². The molecule has 0 saturated heterocycles. The molecule has 10 aromatic carbocycles. The van der Waals surface area contributed by atoms with Crippen LogP contribution in [0.4, 0.5) is 0 Å². The molecule has 3 nitrogen and oxygen atoms in total. The van der Waals surface area contributed by atoms with Crippen LogP contribution in [0.2, 0.25) is 0 Å². The third-order valence-electron chi connectivity index (χ3n) is 11.5. The number of hydrogen-bond acceptors (Lipinski definition) is 3. The molecule has 0 spiro atoms. The van der Waals surface area contributed by atoms with Gasteiger partial charge in [-0.05, 0) is 89.0 Å². The Bertz CT molecular complexity index is 3320. The van der Waals surface area contributed by atoms with Crippen LogP contribution in [0.5, 0.6) is 0 Å². The van der Waals surface area contributed by atoms with Crippen LogP contribution in [0.25, 0.3) is 111 Å². The number of benzene rings is 10. The average Bonchev–Trinajstić information content (AvgIpc) is 3.34. The highest BCUT2D eigenvalue weighted by Crippen LogP contribution is 2.40. The first-order valence-corrected chi connectivity index (χ1v) is 20.3. The van der Waals surface area contributed by atoms with E-state index in [1.54, 1.807) is 0 Å². The summed E-state index contributed by atoms with van der Waals surface area (Å²) < 4.78 is 0. The minimum absolute atomic E-state index is 0.626. The van der Waals surface area contributed by atoms with Crippen LogP contribution in [-0.2, 0) is 0 Å². The molecule has 11 rings (SSSR count). The molecule has 0 aliphatic heterocycles. The molecular weight excluding hydrogens is 727 g/mol. The number of fused-ring (bicyclic) bond motifs is 4. The predicted octanol–water partition coefficient (Wildman–Crippen LogP) is 15.0. The molecule has 0 atom stereocenters. The second-order valence-corrected chi connectivity index (χ2v) is 15.2. The second-order valence-electron chi connectivity index (χ2n) is 15.2. The minimum atomic E-state index is 0.626. The molecule has 0 N–H and O–H groups in total. The molecule has 1 aromatic heterocycles. The molecule has 0 bridgehead atoms. The molecule has 60 heavy (non-hydrogen) atoms. The molecule has 0 aliphatic rings. The van der Waals surface area contributed by atoms with E-state index in [1.807, 2.05) is 12.1 Å². The molecule has 3 heteroatoms. The zero-order valence-electron chi connectivity index (χ0n) is 32.7. The summed E-state index contributed by atoms with van der Waals surface area (Å²) in [4.78, 5) is 15.4. The van der Waals surface area contributed by atoms with Gasteiger partial charge in [0.2, 0.25) is 0 Å². The fraction of sp³-hybridized carbons (Fsp3) is 0. The minimum Gasteiger partial charge on any atom is -0.208 e. The van der Waals surface area contributed by atoms with E-state index >= 15 is 0 Å². The molecule has 0 fully saturated rings. The lowest BCUT2D eigenvalue weighted by Gasteiger charge is -2.14. The SMILES string of the molecule is c1ccc(-c2ccc(-c3ccc(-c4nc(-c5ccc(-c6c7ccccc7cc7c6ccc6ccccc67)cc5)nc(-c5cccc(-c6ccccc6)c5)n4)cc3)cc2)cc1. The van der Waals surface area contributed by atoms with Gasteiger partial charge in [-0.3, -0.25) is 0 Å². The van der Waals surface area contributed by atoms with Crippen molar-refractivity contribution in [2.24, 2.45) is 0 Å². The van der Waals surface area contributed by atoms with Gasteiger partial charge in [-0.15, -0.1) is 0 Å². The smallest absolute Gasteiger partial charge is 0.164 e. The number of rotatable bonds is 7. The molecule has 0 saturated carbocycles. The average molecular weight is 764 g/mol. The standard InChI is InChI=1S/C57H37N3/c1-3-12-38(13-4-1)40-22-24-41(25-23-40)42-26-30-45(31-27-42)55-58-56(60-57(59-55)49-19-11-18-47(36-49)39-14-5-2-6-15-39)46-32-28-44(29-33-46)54-51-21-10-8-17-48(51)37-53-50-20-9-7-16-43(50)34-35-52(53)54/h1-37H. The van der Waals surface area contributed by atoms with Crippen LogP contribution in [0.3, 0.4) is 0 Å². The van der Waals surface area contributed by atoms with Gasteiger partial charge >= 0.3 is 0 Å². The van der Waals surface area contributed by atoms with E-state index in [9.17, 15) is 0 Å². The number of aromatic nitrogens is 3.